The molecule has 0 fully saturated rings. The first kappa shape index (κ1) is 15.3. The van der Waals surface area contributed by atoms with Gasteiger partial charge in [-0.15, -0.1) is 0 Å². The fraction of sp³-hybridized carbons (Fsp3) is 0.600. The smallest absolute Gasteiger partial charge is 0.382 e. The first-order valence-electron chi connectivity index (χ1n) is 6.98. The molecule has 2 unspecified atom stereocenters. The van der Waals surface area contributed by atoms with Crippen molar-refractivity contribution in [1.82, 2.24) is 5.32 Å². The van der Waals surface area contributed by atoms with Gasteiger partial charge in [-0.1, -0.05) is 18.2 Å². The lowest BCUT2D eigenvalue weighted by Gasteiger charge is -2.22. The lowest BCUT2D eigenvalue weighted by Crippen LogP contribution is -2.39. The van der Waals surface area contributed by atoms with Crippen molar-refractivity contribution in [2.75, 3.05) is 6.54 Å². The van der Waals surface area contributed by atoms with Gasteiger partial charge in [0.1, 0.15) is 0 Å². The van der Waals surface area contributed by atoms with Gasteiger partial charge in [0.2, 0.25) is 0 Å². The van der Waals surface area contributed by atoms with Gasteiger partial charge < -0.3 is 10.4 Å². The SMILES string of the molecule is CC(NCC(O)C(F)(F)F)c1ccc2c(c1)CCCC2. The van der Waals surface area contributed by atoms with E-state index in [1.165, 1.54) is 24.0 Å². The molecule has 2 rings (SSSR count). The topological polar surface area (TPSA) is 32.3 Å². The highest BCUT2D eigenvalue weighted by Gasteiger charge is 2.37. The molecule has 2 N–H and O–H groups in total. The molecule has 1 aliphatic rings. The highest BCUT2D eigenvalue weighted by molar-refractivity contribution is 5.35. The molecule has 0 spiro atoms. The third-order valence-electron chi connectivity index (χ3n) is 3.87. The second-order valence-electron chi connectivity index (χ2n) is 5.42. The Morgan fingerprint density at radius 1 is 1.20 bits per heavy atom. The predicted molar refractivity (Wildman–Crippen MR) is 71.6 cm³/mol. The van der Waals surface area contributed by atoms with Crippen LogP contribution in [0.3, 0.4) is 0 Å². The van der Waals surface area contributed by atoms with Crippen molar-refractivity contribution in [3.63, 3.8) is 0 Å². The third-order valence-corrected chi connectivity index (χ3v) is 3.87. The molecule has 0 aliphatic heterocycles. The van der Waals surface area contributed by atoms with Crippen LogP contribution < -0.4 is 5.32 Å². The second-order valence-corrected chi connectivity index (χ2v) is 5.42. The van der Waals surface area contributed by atoms with Gasteiger partial charge in [0.05, 0.1) is 0 Å². The summed E-state index contributed by atoms with van der Waals surface area (Å²) in [5.41, 5.74) is 3.63. The van der Waals surface area contributed by atoms with Crippen molar-refractivity contribution in [1.29, 1.82) is 0 Å². The van der Waals surface area contributed by atoms with Crippen molar-refractivity contribution in [3.8, 4) is 0 Å². The fourth-order valence-corrected chi connectivity index (χ4v) is 2.54. The first-order chi connectivity index (χ1) is 9.38. The van der Waals surface area contributed by atoms with E-state index in [1.807, 2.05) is 13.0 Å². The van der Waals surface area contributed by atoms with E-state index in [4.69, 9.17) is 5.11 Å². The summed E-state index contributed by atoms with van der Waals surface area (Å²) in [6.45, 7) is 1.33. The molecule has 1 aromatic rings. The summed E-state index contributed by atoms with van der Waals surface area (Å²) in [6, 6.07) is 5.90. The van der Waals surface area contributed by atoms with Crippen LogP contribution in [0.15, 0.2) is 18.2 Å². The van der Waals surface area contributed by atoms with E-state index in [2.05, 4.69) is 17.4 Å². The summed E-state index contributed by atoms with van der Waals surface area (Å²) in [4.78, 5) is 0. The number of hydrogen-bond acceptors (Lipinski definition) is 2. The summed E-state index contributed by atoms with van der Waals surface area (Å²) in [6.07, 6.45) is -2.38. The zero-order chi connectivity index (χ0) is 14.8. The largest absolute Gasteiger partial charge is 0.415 e. The molecule has 5 heteroatoms. The van der Waals surface area contributed by atoms with Gasteiger partial charge in [0.15, 0.2) is 6.10 Å². The molecule has 20 heavy (non-hydrogen) atoms. The molecule has 1 aliphatic carbocycles. The Morgan fingerprint density at radius 2 is 1.85 bits per heavy atom. The number of aliphatic hydroxyl groups is 1. The number of alkyl halides is 3. The molecular formula is C15H20F3NO. The predicted octanol–water partition coefficient (Wildman–Crippen LogP) is 3.14. The molecule has 0 bridgehead atoms. The number of halogens is 3. The summed E-state index contributed by atoms with van der Waals surface area (Å²) in [5.74, 6) is 0. The molecule has 0 saturated heterocycles. The first-order valence-corrected chi connectivity index (χ1v) is 6.98. The Labute approximate surface area is 117 Å². The minimum Gasteiger partial charge on any atom is -0.382 e. The molecule has 0 amide bonds. The standard InChI is InChI=1S/C15H20F3NO/c1-10(19-9-14(20)15(16,17)18)12-7-6-11-4-2-3-5-13(11)8-12/h6-8,10,14,19-20H,2-5,9H2,1H3. The molecule has 0 radical (unpaired) electrons. The number of fused-ring (bicyclic) bond motifs is 1. The maximum atomic E-state index is 12.2. The minimum absolute atomic E-state index is 0.209. The number of benzene rings is 1. The number of aryl methyl sites for hydroxylation is 2. The van der Waals surface area contributed by atoms with Crippen LogP contribution in [0.4, 0.5) is 13.2 Å². The number of rotatable bonds is 4. The molecule has 0 aromatic heterocycles. The quantitative estimate of drug-likeness (QED) is 0.891. The van der Waals surface area contributed by atoms with E-state index in [0.717, 1.165) is 18.4 Å². The van der Waals surface area contributed by atoms with E-state index in [9.17, 15) is 13.2 Å². The number of nitrogens with one attached hydrogen (secondary N) is 1. The Morgan fingerprint density at radius 3 is 2.50 bits per heavy atom. The van der Waals surface area contributed by atoms with Crippen LogP contribution in [-0.2, 0) is 12.8 Å². The van der Waals surface area contributed by atoms with Crippen LogP contribution in [-0.4, -0.2) is 23.9 Å². The van der Waals surface area contributed by atoms with Gasteiger partial charge in [-0.2, -0.15) is 13.2 Å². The lowest BCUT2D eigenvalue weighted by atomic mass is 9.89. The Hall–Kier alpha value is -1.07. The Kier molecular flexibility index (Phi) is 4.70. The van der Waals surface area contributed by atoms with Gasteiger partial charge in [0.25, 0.3) is 0 Å². The number of hydrogen-bond donors (Lipinski definition) is 2. The average molecular weight is 287 g/mol. The van der Waals surface area contributed by atoms with Crippen molar-refractivity contribution in [2.45, 2.75) is 50.9 Å². The van der Waals surface area contributed by atoms with Gasteiger partial charge in [-0.05, 0) is 49.3 Å². The molecule has 2 nitrogen and oxygen atoms in total. The maximum absolute atomic E-state index is 12.2. The van der Waals surface area contributed by atoms with E-state index >= 15 is 0 Å². The molecular weight excluding hydrogens is 267 g/mol. The zero-order valence-corrected chi connectivity index (χ0v) is 11.5. The summed E-state index contributed by atoms with van der Waals surface area (Å²) < 4.78 is 36.7. The van der Waals surface area contributed by atoms with E-state index < -0.39 is 18.8 Å². The summed E-state index contributed by atoms with van der Waals surface area (Å²) in [7, 11) is 0. The van der Waals surface area contributed by atoms with E-state index in [-0.39, 0.29) is 6.04 Å². The van der Waals surface area contributed by atoms with Crippen molar-refractivity contribution in [3.05, 3.63) is 34.9 Å². The molecule has 0 saturated carbocycles. The molecule has 112 valence electrons. The van der Waals surface area contributed by atoms with Crippen LogP contribution in [0.2, 0.25) is 0 Å². The summed E-state index contributed by atoms with van der Waals surface area (Å²) in [5, 5.41) is 11.7. The summed E-state index contributed by atoms with van der Waals surface area (Å²) >= 11 is 0. The zero-order valence-electron chi connectivity index (χ0n) is 11.5. The Bertz CT molecular complexity index is 459. The van der Waals surface area contributed by atoms with Gasteiger partial charge in [-0.3, -0.25) is 0 Å². The normalized spacial score (nSPS) is 18.4. The van der Waals surface area contributed by atoms with Crippen LogP contribution in [0.5, 0.6) is 0 Å². The monoisotopic (exact) mass is 287 g/mol. The Balaban J connectivity index is 1.97. The minimum atomic E-state index is -4.57. The highest BCUT2D eigenvalue weighted by atomic mass is 19.4. The van der Waals surface area contributed by atoms with Crippen LogP contribution in [0, 0.1) is 0 Å². The van der Waals surface area contributed by atoms with Crippen LogP contribution >= 0.6 is 0 Å². The fourth-order valence-electron chi connectivity index (χ4n) is 2.54. The molecule has 2 atom stereocenters. The van der Waals surface area contributed by atoms with Gasteiger partial charge in [0, 0.05) is 12.6 Å². The average Bonchev–Trinajstić information content (AvgIpc) is 2.42. The van der Waals surface area contributed by atoms with Crippen LogP contribution in [0.1, 0.15) is 42.5 Å². The maximum Gasteiger partial charge on any atom is 0.415 e. The van der Waals surface area contributed by atoms with E-state index in [0.29, 0.717) is 0 Å². The van der Waals surface area contributed by atoms with Crippen LogP contribution in [0.25, 0.3) is 0 Å². The van der Waals surface area contributed by atoms with Crippen molar-refractivity contribution in [2.24, 2.45) is 0 Å². The van der Waals surface area contributed by atoms with Crippen molar-refractivity contribution >= 4 is 0 Å². The number of aliphatic hydroxyl groups excluding tert-OH is 1. The van der Waals surface area contributed by atoms with E-state index in [1.54, 1.807) is 0 Å². The molecule has 1 aromatic carbocycles. The van der Waals surface area contributed by atoms with Crippen molar-refractivity contribution < 1.29 is 18.3 Å². The highest BCUT2D eigenvalue weighted by Crippen LogP contribution is 2.25. The van der Waals surface area contributed by atoms with Gasteiger partial charge in [-0.25, -0.2) is 0 Å². The van der Waals surface area contributed by atoms with Gasteiger partial charge >= 0.3 is 6.18 Å². The second kappa shape index (κ2) is 6.14. The third kappa shape index (κ3) is 3.73. The molecule has 0 heterocycles. The lowest BCUT2D eigenvalue weighted by molar-refractivity contribution is -0.202.